The van der Waals surface area contributed by atoms with Gasteiger partial charge in [0, 0.05) is 62.5 Å². The van der Waals surface area contributed by atoms with Gasteiger partial charge in [0.05, 0.1) is 0 Å². The molecule has 156 valence electrons. The van der Waals surface area contributed by atoms with E-state index in [1.165, 1.54) is 43.4 Å². The number of thioether (sulfide) groups is 1. The first-order valence-corrected chi connectivity index (χ1v) is 11.9. The number of rotatable bonds is 5. The number of imidazole rings is 1. The number of benzene rings is 1. The molecule has 1 saturated heterocycles. The van der Waals surface area contributed by atoms with E-state index in [0.29, 0.717) is 4.75 Å². The summed E-state index contributed by atoms with van der Waals surface area (Å²) in [5, 5.41) is 3.60. The van der Waals surface area contributed by atoms with Crippen LogP contribution in [0.5, 0.6) is 0 Å². The molecule has 2 aromatic rings. The largest absolute Gasteiger partial charge is 0.356 e. The minimum atomic E-state index is 0.458. The predicted octanol–water partition coefficient (Wildman–Crippen LogP) is 3.80. The summed E-state index contributed by atoms with van der Waals surface area (Å²) in [4.78, 5) is 11.7. The van der Waals surface area contributed by atoms with Crippen LogP contribution in [0.4, 0.5) is 0 Å². The molecule has 2 heterocycles. The van der Waals surface area contributed by atoms with Crippen LogP contribution in [0.1, 0.15) is 43.5 Å². The van der Waals surface area contributed by atoms with E-state index in [1.807, 2.05) is 13.2 Å². The third-order valence-corrected chi connectivity index (χ3v) is 7.69. The van der Waals surface area contributed by atoms with Crippen molar-refractivity contribution in [3.8, 4) is 0 Å². The van der Waals surface area contributed by atoms with Crippen molar-refractivity contribution in [2.24, 2.45) is 4.99 Å². The highest BCUT2D eigenvalue weighted by molar-refractivity contribution is 8.00. The fourth-order valence-corrected chi connectivity index (χ4v) is 6.20. The molecule has 1 aliphatic heterocycles. The summed E-state index contributed by atoms with van der Waals surface area (Å²) >= 11 is 2.21. The van der Waals surface area contributed by atoms with Crippen molar-refractivity contribution in [3.05, 3.63) is 54.1 Å². The maximum Gasteiger partial charge on any atom is 0.193 e. The van der Waals surface area contributed by atoms with Gasteiger partial charge in [0.15, 0.2) is 5.96 Å². The molecule has 1 aromatic heterocycles. The van der Waals surface area contributed by atoms with Gasteiger partial charge in [-0.05, 0) is 18.4 Å². The van der Waals surface area contributed by atoms with Crippen LogP contribution in [0, 0.1) is 0 Å². The van der Waals surface area contributed by atoms with Crippen LogP contribution in [0.15, 0.2) is 47.7 Å². The van der Waals surface area contributed by atoms with Crippen LogP contribution < -0.4 is 5.32 Å². The summed E-state index contributed by atoms with van der Waals surface area (Å²) in [5.41, 5.74) is 1.30. The molecule has 1 saturated carbocycles. The molecule has 29 heavy (non-hydrogen) atoms. The second kappa shape index (κ2) is 9.70. The van der Waals surface area contributed by atoms with Gasteiger partial charge >= 0.3 is 0 Å². The van der Waals surface area contributed by atoms with E-state index in [9.17, 15) is 0 Å². The molecule has 2 fully saturated rings. The van der Waals surface area contributed by atoms with E-state index in [0.717, 1.165) is 44.4 Å². The molecule has 6 heteroatoms. The van der Waals surface area contributed by atoms with Crippen LogP contribution in [0.25, 0.3) is 0 Å². The van der Waals surface area contributed by atoms with Crippen molar-refractivity contribution in [3.63, 3.8) is 0 Å². The van der Waals surface area contributed by atoms with Gasteiger partial charge in [0.1, 0.15) is 5.82 Å². The van der Waals surface area contributed by atoms with Crippen LogP contribution in [-0.2, 0) is 13.0 Å². The number of aliphatic imine (C=N–C) groups is 1. The fraction of sp³-hybridized carbons (Fsp3) is 0.565. The molecule has 1 spiro atoms. The number of nitrogens with zero attached hydrogens (tertiary/aromatic N) is 4. The second-order valence-electron chi connectivity index (χ2n) is 8.19. The minimum absolute atomic E-state index is 0.458. The smallest absolute Gasteiger partial charge is 0.193 e. The lowest BCUT2D eigenvalue weighted by atomic mass is 9.87. The topological polar surface area (TPSA) is 45.5 Å². The predicted molar refractivity (Wildman–Crippen MR) is 123 cm³/mol. The Kier molecular flexibility index (Phi) is 6.80. The highest BCUT2D eigenvalue weighted by Gasteiger charge is 2.38. The van der Waals surface area contributed by atoms with E-state index in [4.69, 9.17) is 0 Å². The Morgan fingerprint density at radius 3 is 2.83 bits per heavy atom. The van der Waals surface area contributed by atoms with Gasteiger partial charge in [0.25, 0.3) is 0 Å². The van der Waals surface area contributed by atoms with E-state index in [-0.39, 0.29) is 0 Å². The zero-order valence-corrected chi connectivity index (χ0v) is 18.3. The average Bonchev–Trinajstić information content (AvgIpc) is 3.19. The Hall–Kier alpha value is -1.95. The van der Waals surface area contributed by atoms with Crippen LogP contribution in [-0.4, -0.2) is 57.6 Å². The SMILES string of the molecule is CN=C(NCCc1nccn1Cc1ccccc1)N1CCSC2(CCCCC2)C1. The first-order valence-electron chi connectivity index (χ1n) is 10.9. The van der Waals surface area contributed by atoms with Gasteiger partial charge in [-0.25, -0.2) is 4.98 Å². The van der Waals surface area contributed by atoms with Gasteiger partial charge in [-0.15, -0.1) is 0 Å². The molecule has 2 aliphatic rings. The molecule has 1 aromatic carbocycles. The molecular weight excluding hydrogens is 378 g/mol. The zero-order chi connectivity index (χ0) is 19.9. The Morgan fingerprint density at radius 1 is 1.21 bits per heavy atom. The van der Waals surface area contributed by atoms with Crippen LogP contribution in [0.3, 0.4) is 0 Å². The van der Waals surface area contributed by atoms with E-state index in [1.54, 1.807) is 0 Å². The fourth-order valence-electron chi connectivity index (χ4n) is 4.63. The first-order chi connectivity index (χ1) is 14.3. The average molecular weight is 412 g/mol. The standard InChI is InChI=1S/C23H33N5S/c1-24-22(28-16-17-29-23(19-28)11-6-3-7-12-23)26-13-10-21-25-14-15-27(21)18-20-8-4-2-5-9-20/h2,4-5,8-9,14-15H,3,6-7,10-13,16-19H2,1H3,(H,24,26). The van der Waals surface area contributed by atoms with Gasteiger partial charge in [-0.1, -0.05) is 49.6 Å². The van der Waals surface area contributed by atoms with E-state index < -0.39 is 0 Å². The summed E-state index contributed by atoms with van der Waals surface area (Å²) < 4.78 is 2.70. The van der Waals surface area contributed by atoms with Crippen molar-refractivity contribution in [1.82, 2.24) is 19.8 Å². The molecule has 5 nitrogen and oxygen atoms in total. The van der Waals surface area contributed by atoms with Crippen molar-refractivity contribution in [1.29, 1.82) is 0 Å². The number of nitrogens with one attached hydrogen (secondary N) is 1. The van der Waals surface area contributed by atoms with Gasteiger partial charge in [-0.3, -0.25) is 4.99 Å². The lowest BCUT2D eigenvalue weighted by Crippen LogP contribution is -2.53. The lowest BCUT2D eigenvalue weighted by Gasteiger charge is -2.45. The second-order valence-corrected chi connectivity index (χ2v) is 9.76. The highest BCUT2D eigenvalue weighted by Crippen LogP contribution is 2.42. The first kappa shape index (κ1) is 20.3. The Morgan fingerprint density at radius 2 is 2.03 bits per heavy atom. The summed E-state index contributed by atoms with van der Waals surface area (Å²) in [6.07, 6.45) is 11.8. The molecule has 0 bridgehead atoms. The van der Waals surface area contributed by atoms with Gasteiger partial charge in [-0.2, -0.15) is 11.8 Å². The summed E-state index contributed by atoms with van der Waals surface area (Å²) in [5.74, 6) is 3.38. The van der Waals surface area contributed by atoms with Crippen molar-refractivity contribution in [2.45, 2.75) is 49.8 Å². The Bertz CT molecular complexity index is 789. The molecule has 1 N–H and O–H groups in total. The quantitative estimate of drug-likeness (QED) is 0.600. The van der Waals surface area contributed by atoms with Crippen LogP contribution >= 0.6 is 11.8 Å². The monoisotopic (exact) mass is 411 g/mol. The van der Waals surface area contributed by atoms with Crippen LogP contribution in [0.2, 0.25) is 0 Å². The van der Waals surface area contributed by atoms with E-state index in [2.05, 4.69) is 73.1 Å². The van der Waals surface area contributed by atoms with E-state index >= 15 is 0 Å². The molecular formula is C23H33N5S. The normalized spacial score (nSPS) is 19.5. The molecule has 0 atom stereocenters. The van der Waals surface area contributed by atoms with Gasteiger partial charge < -0.3 is 14.8 Å². The Labute approximate surface area is 179 Å². The Balaban J connectivity index is 1.31. The number of guanidine groups is 1. The summed E-state index contributed by atoms with van der Waals surface area (Å²) in [6.45, 7) is 3.96. The molecule has 0 radical (unpaired) electrons. The molecule has 0 amide bonds. The summed E-state index contributed by atoms with van der Waals surface area (Å²) in [6, 6.07) is 10.6. The molecule has 1 aliphatic carbocycles. The third-order valence-electron chi connectivity index (χ3n) is 6.15. The minimum Gasteiger partial charge on any atom is -0.356 e. The zero-order valence-electron chi connectivity index (χ0n) is 17.5. The van der Waals surface area contributed by atoms with Crippen molar-refractivity contribution in [2.75, 3.05) is 32.4 Å². The van der Waals surface area contributed by atoms with Gasteiger partial charge in [0.2, 0.25) is 0 Å². The van der Waals surface area contributed by atoms with Crippen molar-refractivity contribution < 1.29 is 0 Å². The summed E-state index contributed by atoms with van der Waals surface area (Å²) in [7, 11) is 1.91. The molecule has 0 unspecified atom stereocenters. The third kappa shape index (κ3) is 5.16. The lowest BCUT2D eigenvalue weighted by molar-refractivity contribution is 0.293. The maximum atomic E-state index is 4.59. The highest BCUT2D eigenvalue weighted by atomic mass is 32.2. The molecule has 4 rings (SSSR count). The van der Waals surface area contributed by atoms with Crippen molar-refractivity contribution >= 4 is 17.7 Å². The number of aromatic nitrogens is 2. The number of hydrogen-bond donors (Lipinski definition) is 1. The number of hydrogen-bond acceptors (Lipinski definition) is 3. The maximum absolute atomic E-state index is 4.59.